The van der Waals surface area contributed by atoms with Crippen molar-refractivity contribution in [2.75, 3.05) is 10.6 Å². The Hall–Kier alpha value is -4.01. The molecule has 56 heavy (non-hydrogen) atoms. The second-order valence-electron chi connectivity index (χ2n) is 17.2. The molecule has 1 heterocycles. The number of carboxylic acid groups (broad SMARTS) is 1. The Labute approximate surface area is 348 Å². The van der Waals surface area contributed by atoms with Crippen LogP contribution in [0.1, 0.15) is 211 Å². The maximum absolute atomic E-state index is 11.7. The monoisotopic (exact) mass is 809 g/mol. The van der Waals surface area contributed by atoms with Crippen molar-refractivity contribution < 1.29 is 36.9 Å². The quantitative estimate of drug-likeness (QED) is 0.106. The molecule has 0 amide bonds. The van der Waals surface area contributed by atoms with Gasteiger partial charge in [-0.05, 0) is 115 Å². The summed E-state index contributed by atoms with van der Waals surface area (Å²) in [5, 5.41) is 38.0. The van der Waals surface area contributed by atoms with Crippen LogP contribution in [0.3, 0.4) is 0 Å². The molecule has 309 valence electrons. The number of benzene rings is 3. The van der Waals surface area contributed by atoms with E-state index in [4.69, 9.17) is 10.1 Å². The molecule has 2 unspecified atom stereocenters. The summed E-state index contributed by atoms with van der Waals surface area (Å²) in [5.41, 5.74) is 13.8. The molecule has 0 bridgehead atoms. The summed E-state index contributed by atoms with van der Waals surface area (Å²) in [6.45, 7) is 34.6. The van der Waals surface area contributed by atoms with Crippen molar-refractivity contribution in [3.63, 3.8) is 0 Å². The maximum atomic E-state index is 11.7. The number of carbonyl (C=O) groups is 1. The number of rotatable bonds is 13. The van der Waals surface area contributed by atoms with Crippen LogP contribution >= 0.6 is 0 Å². The average molecular weight is 810 g/mol. The SMILES string of the molecule is CC(C)c1cc(O)c([O-])c(C(=O)O)c1C(C)C.Cc1cc(C(C)C)c(NC(C)c2cccc(C(C)Nc3c(C(C)C)cc(C)cc3C(C)C)n2)c(C(C)C)c1.[Co]. The number of nitrogens with zero attached hydrogens (tertiary/aromatic N) is 1. The number of phenolic OH excluding ortho intramolecular Hbond substituents is 1. The van der Waals surface area contributed by atoms with E-state index in [2.05, 4.69) is 136 Å². The molecule has 0 saturated carbocycles. The normalized spacial score (nSPS) is 12.5. The molecule has 4 aromatic rings. The third kappa shape index (κ3) is 11.5. The summed E-state index contributed by atoms with van der Waals surface area (Å²) < 4.78 is 0. The van der Waals surface area contributed by atoms with Crippen LogP contribution in [0, 0.1) is 13.8 Å². The van der Waals surface area contributed by atoms with Crippen molar-refractivity contribution in [1.29, 1.82) is 0 Å². The fourth-order valence-electron chi connectivity index (χ4n) is 7.37. The number of aromatic hydroxyl groups is 1. The van der Waals surface area contributed by atoms with Gasteiger partial charge in [0.15, 0.2) is 0 Å². The number of hydrogen-bond acceptors (Lipinski definition) is 6. The van der Waals surface area contributed by atoms with E-state index in [0.29, 0.717) is 29.2 Å². The number of nitrogens with one attached hydrogen (secondary N) is 2. The minimum atomic E-state index is -1.28. The standard InChI is InChI=1S/C35H51N3.C13H18O4.Co/c1-20(2)28-16-24(9)17-29(21(3)4)34(28)36-26(11)32-14-13-15-33(38-32)27(12)37-35-30(22(5)6)18-25(10)19-31(35)23(7)8;1-6(2)8-5-9(14)12(15)11(13(16)17)10(8)7(3)4;/h13-23,26-27,36-37H,1-12H3;5-7,14-15H,1-4H3,(H,16,17);/p-1. The molecule has 0 aliphatic rings. The Bertz CT molecular complexity index is 1800. The summed E-state index contributed by atoms with van der Waals surface area (Å²) >= 11 is 0. The largest absolute Gasteiger partial charge is 0.869 e. The number of phenols is 1. The average Bonchev–Trinajstić information content (AvgIpc) is 3.09. The van der Waals surface area contributed by atoms with Gasteiger partial charge in [-0.1, -0.05) is 130 Å². The van der Waals surface area contributed by atoms with E-state index in [0.717, 1.165) is 17.0 Å². The van der Waals surface area contributed by atoms with Crippen LogP contribution in [0.15, 0.2) is 48.5 Å². The Morgan fingerprint density at radius 3 is 1.21 bits per heavy atom. The second-order valence-corrected chi connectivity index (χ2v) is 17.2. The first-order valence-corrected chi connectivity index (χ1v) is 20.2. The van der Waals surface area contributed by atoms with Gasteiger partial charge in [-0.2, -0.15) is 0 Å². The fraction of sp³-hybridized carbons (Fsp3) is 0.500. The number of anilines is 2. The van der Waals surface area contributed by atoms with Crippen LogP contribution < -0.4 is 15.7 Å². The molecule has 0 fully saturated rings. The molecule has 2 atom stereocenters. The number of carboxylic acids is 1. The minimum absolute atomic E-state index is 0. The molecule has 0 spiro atoms. The smallest absolute Gasteiger partial charge is 0.335 e. The van der Waals surface area contributed by atoms with Crippen LogP contribution in [0.4, 0.5) is 11.4 Å². The summed E-state index contributed by atoms with van der Waals surface area (Å²) in [7, 11) is 0. The number of aromatic nitrogens is 1. The van der Waals surface area contributed by atoms with Crippen LogP contribution in [0.2, 0.25) is 0 Å². The Morgan fingerprint density at radius 2 is 0.929 bits per heavy atom. The molecule has 8 heteroatoms. The predicted octanol–water partition coefficient (Wildman–Crippen LogP) is 12.9. The van der Waals surface area contributed by atoms with Crippen molar-refractivity contribution in [3.05, 3.63) is 110 Å². The van der Waals surface area contributed by atoms with Gasteiger partial charge in [0.05, 0.1) is 29.0 Å². The first kappa shape index (κ1) is 48.1. The van der Waals surface area contributed by atoms with Crippen LogP contribution in [-0.2, 0) is 16.8 Å². The molecule has 4 rings (SSSR count). The molecule has 7 nitrogen and oxygen atoms in total. The van der Waals surface area contributed by atoms with Crippen LogP contribution in [0.25, 0.3) is 0 Å². The molecular weight excluding hydrogens is 741 g/mol. The van der Waals surface area contributed by atoms with Gasteiger partial charge in [-0.25, -0.2) is 4.79 Å². The summed E-state index contributed by atoms with van der Waals surface area (Å²) in [5.74, 6) is -0.798. The molecule has 4 N–H and O–H groups in total. The van der Waals surface area contributed by atoms with E-state index in [1.807, 2.05) is 27.7 Å². The molecule has 3 aromatic carbocycles. The van der Waals surface area contributed by atoms with Crippen molar-refractivity contribution in [2.24, 2.45) is 0 Å². The van der Waals surface area contributed by atoms with E-state index in [9.17, 15) is 15.0 Å². The Balaban J connectivity index is 0.000000505. The van der Waals surface area contributed by atoms with Crippen molar-refractivity contribution >= 4 is 17.3 Å². The van der Waals surface area contributed by atoms with E-state index in [1.54, 1.807) is 0 Å². The van der Waals surface area contributed by atoms with Gasteiger partial charge in [-0.3, -0.25) is 4.98 Å². The van der Waals surface area contributed by atoms with Gasteiger partial charge < -0.3 is 26.0 Å². The number of hydrogen-bond donors (Lipinski definition) is 4. The predicted molar refractivity (Wildman–Crippen MR) is 230 cm³/mol. The summed E-state index contributed by atoms with van der Waals surface area (Å²) in [4.78, 5) is 16.3. The molecule has 1 radical (unpaired) electrons. The van der Waals surface area contributed by atoms with Crippen molar-refractivity contribution in [2.45, 2.75) is 158 Å². The molecule has 0 saturated heterocycles. The van der Waals surface area contributed by atoms with Crippen LogP contribution in [0.5, 0.6) is 11.5 Å². The van der Waals surface area contributed by atoms with Gasteiger partial charge in [0.2, 0.25) is 0 Å². The summed E-state index contributed by atoms with van der Waals surface area (Å²) in [6, 6.07) is 17.4. The van der Waals surface area contributed by atoms with E-state index < -0.39 is 17.5 Å². The maximum Gasteiger partial charge on any atom is 0.335 e. The van der Waals surface area contributed by atoms with E-state index in [-0.39, 0.29) is 46.3 Å². The van der Waals surface area contributed by atoms with Gasteiger partial charge in [0, 0.05) is 28.2 Å². The van der Waals surface area contributed by atoms with Gasteiger partial charge in [0.25, 0.3) is 0 Å². The Kier molecular flexibility index (Phi) is 17.6. The van der Waals surface area contributed by atoms with Crippen LogP contribution in [-0.4, -0.2) is 21.2 Å². The zero-order chi connectivity index (χ0) is 41.6. The molecular formula is C48H68CoN3O4-. The zero-order valence-electron chi connectivity index (χ0n) is 36.7. The van der Waals surface area contributed by atoms with Gasteiger partial charge >= 0.3 is 5.97 Å². The topological polar surface area (TPSA) is 118 Å². The number of aryl methyl sites for hydroxylation is 2. The number of pyridine rings is 1. The van der Waals surface area contributed by atoms with Crippen molar-refractivity contribution in [1.82, 2.24) is 4.98 Å². The Morgan fingerprint density at radius 1 is 0.589 bits per heavy atom. The molecule has 0 aliphatic carbocycles. The van der Waals surface area contributed by atoms with Gasteiger partial charge in [0.1, 0.15) is 5.75 Å². The second kappa shape index (κ2) is 20.4. The van der Waals surface area contributed by atoms with E-state index >= 15 is 0 Å². The molecule has 0 aliphatic heterocycles. The first-order valence-electron chi connectivity index (χ1n) is 20.2. The van der Waals surface area contributed by atoms with Gasteiger partial charge in [-0.15, -0.1) is 0 Å². The summed E-state index contributed by atoms with van der Waals surface area (Å²) in [6.07, 6.45) is 0. The number of aromatic carboxylic acids is 1. The molecule has 1 aromatic heterocycles. The fourth-order valence-corrected chi connectivity index (χ4v) is 7.37. The first-order chi connectivity index (χ1) is 25.6. The van der Waals surface area contributed by atoms with Crippen molar-refractivity contribution in [3.8, 4) is 11.5 Å². The zero-order valence-corrected chi connectivity index (χ0v) is 37.8. The third-order valence-corrected chi connectivity index (χ3v) is 10.3. The van der Waals surface area contributed by atoms with E-state index in [1.165, 1.54) is 50.8 Å². The minimum Gasteiger partial charge on any atom is -0.869 e. The third-order valence-electron chi connectivity index (χ3n) is 10.3.